The third kappa shape index (κ3) is 5.37. The lowest BCUT2D eigenvalue weighted by Gasteiger charge is -2.19. The standard InChI is InChI=1S/C6H13N2O2/c1-6(2,3)10-5(9)8-7-4/h7H,4H2,1-3H3,(H,8,9). The number of hydrazine groups is 1. The van der Waals surface area contributed by atoms with Crippen LogP contribution in [-0.4, -0.2) is 11.7 Å². The summed E-state index contributed by atoms with van der Waals surface area (Å²) in [6, 6.07) is 0. The molecule has 4 heteroatoms. The van der Waals surface area contributed by atoms with Crippen molar-refractivity contribution in [3.8, 4) is 0 Å². The Kier molecular flexibility index (Phi) is 3.15. The van der Waals surface area contributed by atoms with Crippen molar-refractivity contribution in [3.63, 3.8) is 0 Å². The van der Waals surface area contributed by atoms with E-state index in [0.29, 0.717) is 0 Å². The van der Waals surface area contributed by atoms with E-state index in [0.717, 1.165) is 0 Å². The summed E-state index contributed by atoms with van der Waals surface area (Å²) in [6.45, 7) is 5.36. The molecule has 1 radical (unpaired) electrons. The normalized spacial score (nSPS) is 10.8. The summed E-state index contributed by atoms with van der Waals surface area (Å²) in [4.78, 5) is 10.6. The molecule has 0 rings (SSSR count). The van der Waals surface area contributed by atoms with Crippen LogP contribution >= 0.6 is 0 Å². The summed E-state index contributed by atoms with van der Waals surface area (Å²) in [6.07, 6.45) is -0.525. The summed E-state index contributed by atoms with van der Waals surface area (Å²) >= 11 is 0. The summed E-state index contributed by atoms with van der Waals surface area (Å²) in [5.74, 6) is 0. The minimum atomic E-state index is -0.525. The van der Waals surface area contributed by atoms with E-state index in [-0.39, 0.29) is 0 Å². The van der Waals surface area contributed by atoms with Crippen LogP contribution in [0.4, 0.5) is 4.79 Å². The molecule has 0 aliphatic carbocycles. The molecule has 0 saturated heterocycles. The van der Waals surface area contributed by atoms with Crippen molar-refractivity contribution in [2.45, 2.75) is 26.4 Å². The first kappa shape index (κ1) is 9.23. The van der Waals surface area contributed by atoms with Gasteiger partial charge in [-0.15, -0.1) is 0 Å². The highest BCUT2D eigenvalue weighted by Gasteiger charge is 2.14. The van der Waals surface area contributed by atoms with Gasteiger partial charge in [0.15, 0.2) is 0 Å². The zero-order valence-corrected chi connectivity index (χ0v) is 6.52. The fourth-order valence-electron chi connectivity index (χ4n) is 0.376. The Bertz CT molecular complexity index is 117. The number of nitrogens with one attached hydrogen (secondary N) is 2. The van der Waals surface area contributed by atoms with E-state index in [1.54, 1.807) is 20.8 Å². The van der Waals surface area contributed by atoms with E-state index >= 15 is 0 Å². The number of rotatable bonds is 1. The molecular formula is C6H13N2O2. The SMILES string of the molecule is [CH2]NNC(=O)OC(C)(C)C. The van der Waals surface area contributed by atoms with E-state index in [9.17, 15) is 4.79 Å². The molecule has 0 aliphatic rings. The number of carbonyl (C=O) groups excluding carboxylic acids is 1. The van der Waals surface area contributed by atoms with Crippen molar-refractivity contribution < 1.29 is 9.53 Å². The second kappa shape index (κ2) is 3.41. The first-order valence-corrected chi connectivity index (χ1v) is 2.97. The maximum atomic E-state index is 10.6. The molecule has 0 aliphatic heterocycles. The van der Waals surface area contributed by atoms with Crippen molar-refractivity contribution >= 4 is 6.09 Å². The van der Waals surface area contributed by atoms with E-state index in [1.807, 2.05) is 0 Å². The lowest BCUT2D eigenvalue weighted by Crippen LogP contribution is -2.37. The van der Waals surface area contributed by atoms with Crippen LogP contribution in [0.3, 0.4) is 0 Å². The molecule has 4 nitrogen and oxygen atoms in total. The Morgan fingerprint density at radius 2 is 2.00 bits per heavy atom. The topological polar surface area (TPSA) is 50.4 Å². The average molecular weight is 145 g/mol. The van der Waals surface area contributed by atoms with Crippen molar-refractivity contribution in [1.82, 2.24) is 10.9 Å². The summed E-state index contributed by atoms with van der Waals surface area (Å²) in [5, 5.41) is 0. The molecule has 1 amide bonds. The number of hydrogen-bond acceptors (Lipinski definition) is 3. The molecule has 59 valence electrons. The zero-order valence-electron chi connectivity index (χ0n) is 6.52. The van der Waals surface area contributed by atoms with E-state index in [4.69, 9.17) is 4.74 Å². The minimum absolute atomic E-state index is 0.457. The first-order chi connectivity index (χ1) is 4.45. The fourth-order valence-corrected chi connectivity index (χ4v) is 0.376. The number of ether oxygens (including phenoxy) is 1. The summed E-state index contributed by atoms with van der Waals surface area (Å²) in [5.41, 5.74) is 3.94. The molecule has 0 bridgehead atoms. The van der Waals surface area contributed by atoms with Gasteiger partial charge < -0.3 is 4.74 Å². The molecule has 2 N–H and O–H groups in total. The minimum Gasteiger partial charge on any atom is -0.443 e. The molecule has 0 aromatic carbocycles. The van der Waals surface area contributed by atoms with Crippen molar-refractivity contribution in [3.05, 3.63) is 7.05 Å². The highest BCUT2D eigenvalue weighted by molar-refractivity contribution is 5.66. The molecule has 0 fully saturated rings. The van der Waals surface area contributed by atoms with Gasteiger partial charge in [0.25, 0.3) is 0 Å². The molecule has 0 aromatic heterocycles. The van der Waals surface area contributed by atoms with Gasteiger partial charge in [0.2, 0.25) is 0 Å². The van der Waals surface area contributed by atoms with E-state index in [1.165, 1.54) is 0 Å². The Labute approximate surface area is 60.9 Å². The molecular weight excluding hydrogens is 132 g/mol. The van der Waals surface area contributed by atoms with Gasteiger partial charge in [0.1, 0.15) is 5.60 Å². The predicted octanol–water partition coefficient (Wildman–Crippen LogP) is 0.807. The average Bonchev–Trinajstić information content (AvgIpc) is 1.59. The van der Waals surface area contributed by atoms with Crippen LogP contribution in [0.25, 0.3) is 0 Å². The van der Waals surface area contributed by atoms with Crippen LogP contribution in [0.5, 0.6) is 0 Å². The Morgan fingerprint density at radius 3 is 2.30 bits per heavy atom. The second-order valence-electron chi connectivity index (χ2n) is 2.80. The van der Waals surface area contributed by atoms with Gasteiger partial charge in [0.05, 0.1) is 0 Å². The molecule has 0 atom stereocenters. The molecule has 0 unspecified atom stereocenters. The first-order valence-electron chi connectivity index (χ1n) is 2.97. The Morgan fingerprint density at radius 1 is 1.50 bits per heavy atom. The van der Waals surface area contributed by atoms with Crippen molar-refractivity contribution in [2.75, 3.05) is 0 Å². The fraction of sp³-hybridized carbons (Fsp3) is 0.667. The number of carbonyl (C=O) groups is 1. The van der Waals surface area contributed by atoms with Gasteiger partial charge in [-0.1, -0.05) is 0 Å². The number of hydrogen-bond donors (Lipinski definition) is 2. The van der Waals surface area contributed by atoms with Crippen molar-refractivity contribution in [1.29, 1.82) is 0 Å². The van der Waals surface area contributed by atoms with Crippen LogP contribution in [0.2, 0.25) is 0 Å². The molecule has 0 spiro atoms. The monoisotopic (exact) mass is 145 g/mol. The van der Waals surface area contributed by atoms with Crippen molar-refractivity contribution in [2.24, 2.45) is 0 Å². The largest absolute Gasteiger partial charge is 0.443 e. The molecule has 0 heterocycles. The highest BCUT2D eigenvalue weighted by atomic mass is 16.6. The number of amides is 1. The predicted molar refractivity (Wildman–Crippen MR) is 37.9 cm³/mol. The Balaban J connectivity index is 3.58. The van der Waals surface area contributed by atoms with E-state index in [2.05, 4.69) is 17.9 Å². The van der Waals surface area contributed by atoms with Crippen LogP contribution in [0.1, 0.15) is 20.8 Å². The third-order valence-corrected chi connectivity index (χ3v) is 0.589. The maximum absolute atomic E-state index is 10.6. The quantitative estimate of drug-likeness (QED) is 0.537. The van der Waals surface area contributed by atoms with Gasteiger partial charge in [-0.05, 0) is 20.8 Å². The van der Waals surface area contributed by atoms with Crippen LogP contribution in [-0.2, 0) is 4.74 Å². The molecule has 0 aromatic rings. The van der Waals surface area contributed by atoms with Crippen LogP contribution in [0.15, 0.2) is 0 Å². The van der Waals surface area contributed by atoms with Crippen LogP contribution < -0.4 is 10.9 Å². The van der Waals surface area contributed by atoms with Gasteiger partial charge >= 0.3 is 6.09 Å². The van der Waals surface area contributed by atoms with Gasteiger partial charge in [-0.2, -0.15) is 0 Å². The summed E-state index contributed by atoms with van der Waals surface area (Å²) < 4.78 is 4.83. The molecule has 0 saturated carbocycles. The van der Waals surface area contributed by atoms with Gasteiger partial charge in [-0.25, -0.2) is 10.2 Å². The lowest BCUT2D eigenvalue weighted by molar-refractivity contribution is 0.0508. The second-order valence-corrected chi connectivity index (χ2v) is 2.80. The zero-order chi connectivity index (χ0) is 8.20. The van der Waals surface area contributed by atoms with Crippen LogP contribution in [0, 0.1) is 7.05 Å². The summed E-state index contributed by atoms with van der Waals surface area (Å²) in [7, 11) is 3.19. The third-order valence-electron chi connectivity index (χ3n) is 0.589. The smallest absolute Gasteiger partial charge is 0.422 e. The van der Waals surface area contributed by atoms with E-state index < -0.39 is 11.7 Å². The van der Waals surface area contributed by atoms with Gasteiger partial charge in [0, 0.05) is 7.05 Å². The maximum Gasteiger partial charge on any atom is 0.422 e. The molecule has 10 heavy (non-hydrogen) atoms. The lowest BCUT2D eigenvalue weighted by atomic mass is 10.2. The Hall–Kier alpha value is -0.770. The highest BCUT2D eigenvalue weighted by Crippen LogP contribution is 2.05. The van der Waals surface area contributed by atoms with Gasteiger partial charge in [-0.3, -0.25) is 5.43 Å².